The molecule has 110 valence electrons. The molecule has 3 heteroatoms. The van der Waals surface area contributed by atoms with Gasteiger partial charge < -0.3 is 10.6 Å². The Kier molecular flexibility index (Phi) is 5.68. The molecular weight excluding hydrogens is 236 g/mol. The molecule has 19 heavy (non-hydrogen) atoms. The summed E-state index contributed by atoms with van der Waals surface area (Å²) in [5.74, 6) is 2.41. The van der Waals surface area contributed by atoms with Crippen molar-refractivity contribution in [2.24, 2.45) is 17.8 Å². The van der Waals surface area contributed by atoms with Gasteiger partial charge in [-0.15, -0.1) is 0 Å². The fraction of sp³-hybridized carbons (Fsp3) is 0.938. The summed E-state index contributed by atoms with van der Waals surface area (Å²) >= 11 is 0. The van der Waals surface area contributed by atoms with Crippen LogP contribution < -0.4 is 10.6 Å². The molecule has 4 unspecified atom stereocenters. The summed E-state index contributed by atoms with van der Waals surface area (Å²) in [6.45, 7) is 6.39. The lowest BCUT2D eigenvalue weighted by Crippen LogP contribution is -2.51. The number of hydrogen-bond acceptors (Lipinski definition) is 2. The molecule has 0 radical (unpaired) electrons. The zero-order chi connectivity index (χ0) is 13.7. The largest absolute Gasteiger partial charge is 0.355 e. The Bertz CT molecular complexity index is 292. The number of nitrogens with one attached hydrogen (secondary N) is 2. The second kappa shape index (κ2) is 7.28. The van der Waals surface area contributed by atoms with Crippen molar-refractivity contribution in [2.75, 3.05) is 13.1 Å². The molecule has 1 aliphatic carbocycles. The van der Waals surface area contributed by atoms with E-state index in [1.807, 2.05) is 0 Å². The van der Waals surface area contributed by atoms with E-state index >= 15 is 0 Å². The highest BCUT2D eigenvalue weighted by atomic mass is 16.2. The van der Waals surface area contributed by atoms with Crippen LogP contribution in [0, 0.1) is 17.8 Å². The molecule has 0 aromatic carbocycles. The predicted octanol–water partition coefficient (Wildman–Crippen LogP) is 2.71. The van der Waals surface area contributed by atoms with E-state index in [1.54, 1.807) is 0 Å². The molecule has 1 aliphatic heterocycles. The van der Waals surface area contributed by atoms with E-state index in [2.05, 4.69) is 24.5 Å². The van der Waals surface area contributed by atoms with Gasteiger partial charge >= 0.3 is 0 Å². The maximum atomic E-state index is 12.1. The Morgan fingerprint density at radius 1 is 1.21 bits per heavy atom. The normalized spacial score (nSPS) is 35.9. The number of carbonyl (C=O) groups excluding carboxylic acids is 1. The number of hydrogen-bond donors (Lipinski definition) is 2. The molecular formula is C16H30N2O. The van der Waals surface area contributed by atoms with E-state index in [9.17, 15) is 4.79 Å². The summed E-state index contributed by atoms with van der Waals surface area (Å²) in [5, 5.41) is 6.50. The molecule has 1 saturated heterocycles. The van der Waals surface area contributed by atoms with Crippen molar-refractivity contribution in [2.45, 2.75) is 64.8 Å². The van der Waals surface area contributed by atoms with Gasteiger partial charge in [-0.3, -0.25) is 4.79 Å². The van der Waals surface area contributed by atoms with Crippen LogP contribution in [-0.2, 0) is 4.79 Å². The van der Waals surface area contributed by atoms with Gasteiger partial charge in [-0.2, -0.15) is 0 Å². The SMILES string of the molecule is CC1CCCC(CCNC(=O)C2NCCCC2C)C1. The number of piperidine rings is 1. The molecule has 4 atom stereocenters. The summed E-state index contributed by atoms with van der Waals surface area (Å²) in [6, 6.07) is 0.0408. The van der Waals surface area contributed by atoms with Gasteiger partial charge in [0.1, 0.15) is 0 Å². The molecule has 1 saturated carbocycles. The van der Waals surface area contributed by atoms with E-state index in [0.29, 0.717) is 5.92 Å². The third-order valence-electron chi connectivity index (χ3n) is 4.95. The summed E-state index contributed by atoms with van der Waals surface area (Å²) in [5.41, 5.74) is 0. The molecule has 1 amide bonds. The van der Waals surface area contributed by atoms with E-state index < -0.39 is 0 Å². The zero-order valence-corrected chi connectivity index (χ0v) is 12.6. The number of rotatable bonds is 4. The van der Waals surface area contributed by atoms with Gasteiger partial charge in [0.15, 0.2) is 0 Å². The minimum absolute atomic E-state index is 0.0408. The topological polar surface area (TPSA) is 41.1 Å². The molecule has 2 rings (SSSR count). The van der Waals surface area contributed by atoms with Crippen LogP contribution in [0.25, 0.3) is 0 Å². The van der Waals surface area contributed by atoms with Gasteiger partial charge in [-0.1, -0.05) is 33.1 Å². The van der Waals surface area contributed by atoms with Crippen molar-refractivity contribution in [3.05, 3.63) is 0 Å². The first-order valence-corrected chi connectivity index (χ1v) is 8.18. The standard InChI is InChI=1S/C16H30N2O/c1-12-5-3-7-14(11-12)8-10-18-16(19)15-13(2)6-4-9-17-15/h12-15,17H,3-11H2,1-2H3,(H,18,19). The fourth-order valence-electron chi connectivity index (χ4n) is 3.73. The number of amides is 1. The molecule has 0 aromatic rings. The zero-order valence-electron chi connectivity index (χ0n) is 12.6. The van der Waals surface area contributed by atoms with Gasteiger partial charge in [0, 0.05) is 6.54 Å². The molecule has 0 aromatic heterocycles. The monoisotopic (exact) mass is 266 g/mol. The molecule has 2 N–H and O–H groups in total. The molecule has 1 heterocycles. The first kappa shape index (κ1) is 14.8. The summed E-state index contributed by atoms with van der Waals surface area (Å²) in [6.07, 6.45) is 9.02. The van der Waals surface area contributed by atoms with E-state index in [-0.39, 0.29) is 11.9 Å². The Hall–Kier alpha value is -0.570. The Balaban J connectivity index is 1.65. The van der Waals surface area contributed by atoms with Crippen molar-refractivity contribution >= 4 is 5.91 Å². The van der Waals surface area contributed by atoms with Gasteiger partial charge in [0.2, 0.25) is 5.91 Å². The number of carbonyl (C=O) groups is 1. The predicted molar refractivity (Wildman–Crippen MR) is 78.9 cm³/mol. The van der Waals surface area contributed by atoms with Crippen LogP contribution in [0.5, 0.6) is 0 Å². The van der Waals surface area contributed by atoms with E-state index in [1.165, 1.54) is 38.5 Å². The minimum atomic E-state index is 0.0408. The van der Waals surface area contributed by atoms with Crippen LogP contribution in [0.15, 0.2) is 0 Å². The van der Waals surface area contributed by atoms with Crippen LogP contribution in [0.4, 0.5) is 0 Å². The van der Waals surface area contributed by atoms with Gasteiger partial charge in [-0.05, 0) is 50.0 Å². The second-order valence-corrected chi connectivity index (χ2v) is 6.77. The van der Waals surface area contributed by atoms with Gasteiger partial charge in [0.05, 0.1) is 6.04 Å². The molecule has 0 bridgehead atoms. The second-order valence-electron chi connectivity index (χ2n) is 6.77. The molecule has 2 aliphatic rings. The van der Waals surface area contributed by atoms with E-state index in [4.69, 9.17) is 0 Å². The maximum Gasteiger partial charge on any atom is 0.237 e. The first-order chi connectivity index (χ1) is 9.16. The Morgan fingerprint density at radius 2 is 2.05 bits per heavy atom. The molecule has 3 nitrogen and oxygen atoms in total. The fourth-order valence-corrected chi connectivity index (χ4v) is 3.73. The minimum Gasteiger partial charge on any atom is -0.355 e. The maximum absolute atomic E-state index is 12.1. The Labute approximate surface area is 117 Å². The lowest BCUT2D eigenvalue weighted by atomic mass is 9.81. The van der Waals surface area contributed by atoms with Crippen molar-refractivity contribution < 1.29 is 4.79 Å². The van der Waals surface area contributed by atoms with Crippen molar-refractivity contribution in [3.8, 4) is 0 Å². The van der Waals surface area contributed by atoms with Crippen molar-refractivity contribution in [1.82, 2.24) is 10.6 Å². The highest BCUT2D eigenvalue weighted by molar-refractivity contribution is 5.82. The average Bonchev–Trinajstić information content (AvgIpc) is 2.39. The van der Waals surface area contributed by atoms with Gasteiger partial charge in [-0.25, -0.2) is 0 Å². The Morgan fingerprint density at radius 3 is 2.79 bits per heavy atom. The third kappa shape index (κ3) is 4.48. The molecule has 2 fully saturated rings. The van der Waals surface area contributed by atoms with Crippen LogP contribution in [-0.4, -0.2) is 25.0 Å². The van der Waals surface area contributed by atoms with Crippen LogP contribution in [0.1, 0.15) is 58.8 Å². The van der Waals surface area contributed by atoms with Gasteiger partial charge in [0.25, 0.3) is 0 Å². The lowest BCUT2D eigenvalue weighted by molar-refractivity contribution is -0.124. The summed E-state index contributed by atoms with van der Waals surface area (Å²) < 4.78 is 0. The quantitative estimate of drug-likeness (QED) is 0.821. The smallest absolute Gasteiger partial charge is 0.237 e. The highest BCUT2D eigenvalue weighted by Gasteiger charge is 2.27. The summed E-state index contributed by atoms with van der Waals surface area (Å²) in [4.78, 5) is 12.1. The average molecular weight is 266 g/mol. The molecule has 0 spiro atoms. The first-order valence-electron chi connectivity index (χ1n) is 8.18. The van der Waals surface area contributed by atoms with Crippen molar-refractivity contribution in [3.63, 3.8) is 0 Å². The van der Waals surface area contributed by atoms with Crippen LogP contribution in [0.2, 0.25) is 0 Å². The highest BCUT2D eigenvalue weighted by Crippen LogP contribution is 2.30. The summed E-state index contributed by atoms with van der Waals surface area (Å²) in [7, 11) is 0. The van der Waals surface area contributed by atoms with E-state index in [0.717, 1.165) is 31.3 Å². The van der Waals surface area contributed by atoms with Crippen LogP contribution >= 0.6 is 0 Å². The van der Waals surface area contributed by atoms with Crippen molar-refractivity contribution in [1.29, 1.82) is 0 Å². The van der Waals surface area contributed by atoms with Crippen LogP contribution in [0.3, 0.4) is 0 Å². The third-order valence-corrected chi connectivity index (χ3v) is 4.95. The lowest BCUT2D eigenvalue weighted by Gasteiger charge is -2.30.